The fraction of sp³-hybridized carbons (Fsp3) is 0.0526. The van der Waals surface area contributed by atoms with Crippen LogP contribution in [0.5, 0.6) is 0 Å². The number of pyridine rings is 1. The summed E-state index contributed by atoms with van der Waals surface area (Å²) < 4.78 is 2.34. The van der Waals surface area contributed by atoms with Crippen LogP contribution in [0.15, 0.2) is 60.8 Å². The Labute approximate surface area is 117 Å². The van der Waals surface area contributed by atoms with Crippen LogP contribution in [0.25, 0.3) is 38.7 Å². The van der Waals surface area contributed by atoms with Gasteiger partial charge in [-0.25, -0.2) is 0 Å². The summed E-state index contributed by atoms with van der Waals surface area (Å²) in [5, 5.41) is 2.76. The van der Waals surface area contributed by atoms with Crippen LogP contribution in [0.4, 0.5) is 0 Å². The molecule has 0 saturated carbocycles. The number of aromatic nitrogens is 1. The van der Waals surface area contributed by atoms with Crippen molar-refractivity contribution < 1.29 is 0 Å². The van der Waals surface area contributed by atoms with Crippen LogP contribution in [0.3, 0.4) is 0 Å². The predicted octanol–water partition coefficient (Wildman–Crippen LogP) is 5.05. The Bertz CT molecular complexity index is 1010. The van der Waals surface area contributed by atoms with E-state index >= 15 is 0 Å². The molecule has 2 aromatic heterocycles. The van der Waals surface area contributed by atoms with Crippen molar-refractivity contribution in [2.75, 3.05) is 0 Å². The molecule has 2 heterocycles. The van der Waals surface area contributed by atoms with Crippen molar-refractivity contribution in [3.8, 4) is 22.4 Å². The van der Waals surface area contributed by atoms with E-state index in [9.17, 15) is 0 Å². The summed E-state index contributed by atoms with van der Waals surface area (Å²) in [5.41, 5.74) is 8.15. The van der Waals surface area contributed by atoms with Crippen molar-refractivity contribution >= 4 is 16.3 Å². The van der Waals surface area contributed by atoms with E-state index in [2.05, 4.69) is 72.1 Å². The number of hydrogen-bond donors (Lipinski definition) is 0. The quantitative estimate of drug-likeness (QED) is 0.365. The molecule has 0 aliphatic heterocycles. The molecule has 94 valence electrons. The zero-order valence-corrected chi connectivity index (χ0v) is 11.2. The zero-order chi connectivity index (χ0) is 13.3. The summed E-state index contributed by atoms with van der Waals surface area (Å²) in [6, 6.07) is 19.7. The first-order chi connectivity index (χ1) is 9.86. The molecule has 1 aliphatic rings. The van der Waals surface area contributed by atoms with Crippen LogP contribution >= 0.6 is 0 Å². The smallest absolute Gasteiger partial charge is 0.0622 e. The van der Waals surface area contributed by atoms with Gasteiger partial charge in [-0.05, 0) is 35.7 Å². The first-order valence-electron chi connectivity index (χ1n) is 6.98. The first-order valence-corrected chi connectivity index (χ1v) is 6.98. The van der Waals surface area contributed by atoms with Gasteiger partial charge < -0.3 is 4.40 Å². The van der Waals surface area contributed by atoms with Gasteiger partial charge in [0.25, 0.3) is 0 Å². The number of benzene rings is 2. The summed E-state index contributed by atoms with van der Waals surface area (Å²) in [7, 11) is 0. The summed E-state index contributed by atoms with van der Waals surface area (Å²) >= 11 is 0. The minimum atomic E-state index is 1.30. The number of hydrogen-bond acceptors (Lipinski definition) is 0. The maximum Gasteiger partial charge on any atom is 0.0622 e. The van der Waals surface area contributed by atoms with E-state index in [-0.39, 0.29) is 0 Å². The molecule has 0 unspecified atom stereocenters. The third kappa shape index (κ3) is 1.01. The molecule has 1 aliphatic carbocycles. The average molecular weight is 255 g/mol. The lowest BCUT2D eigenvalue weighted by molar-refractivity contribution is 1.21. The number of aryl methyl sites for hydroxylation is 1. The molecule has 0 atom stereocenters. The standard InChI is InChI=1S/C19H13N/c1-12-6-4-7-13-14-8-5-9-15-16-10-2-3-11-20(16)19(17(12)13)18(14)15/h2-11H,1H3. The minimum absolute atomic E-state index is 1.30. The molecular formula is C19H13N. The molecule has 20 heavy (non-hydrogen) atoms. The lowest BCUT2D eigenvalue weighted by atomic mass is 10.0. The highest BCUT2D eigenvalue weighted by molar-refractivity contribution is 6.20. The van der Waals surface area contributed by atoms with Crippen molar-refractivity contribution in [2.24, 2.45) is 0 Å². The van der Waals surface area contributed by atoms with Crippen LogP contribution in [0.2, 0.25) is 0 Å². The van der Waals surface area contributed by atoms with Crippen LogP contribution in [-0.4, -0.2) is 4.40 Å². The molecule has 0 fully saturated rings. The molecule has 5 rings (SSSR count). The fourth-order valence-electron chi connectivity index (χ4n) is 3.68. The van der Waals surface area contributed by atoms with Crippen LogP contribution in [-0.2, 0) is 0 Å². The van der Waals surface area contributed by atoms with Gasteiger partial charge in [0.2, 0.25) is 0 Å². The second-order valence-electron chi connectivity index (χ2n) is 5.53. The van der Waals surface area contributed by atoms with Gasteiger partial charge in [0, 0.05) is 22.5 Å². The van der Waals surface area contributed by atoms with E-state index in [0.717, 1.165) is 0 Å². The maximum atomic E-state index is 2.34. The Balaban J connectivity index is 2.16. The van der Waals surface area contributed by atoms with Crippen LogP contribution < -0.4 is 0 Å². The van der Waals surface area contributed by atoms with E-state index in [1.807, 2.05) is 0 Å². The number of fused-ring (bicyclic) bond motifs is 6. The van der Waals surface area contributed by atoms with Gasteiger partial charge in [-0.15, -0.1) is 0 Å². The fourth-order valence-corrected chi connectivity index (χ4v) is 3.68. The number of nitrogens with zero attached hydrogens (tertiary/aromatic N) is 1. The Morgan fingerprint density at radius 3 is 2.60 bits per heavy atom. The van der Waals surface area contributed by atoms with Crippen LogP contribution in [0.1, 0.15) is 5.56 Å². The lowest BCUT2D eigenvalue weighted by Gasteiger charge is -2.08. The summed E-state index contributed by atoms with van der Waals surface area (Å²) in [5.74, 6) is 0. The first kappa shape index (κ1) is 10.3. The predicted molar refractivity (Wildman–Crippen MR) is 84.1 cm³/mol. The molecule has 4 aromatic rings. The Morgan fingerprint density at radius 1 is 0.800 bits per heavy atom. The third-order valence-corrected chi connectivity index (χ3v) is 4.48. The van der Waals surface area contributed by atoms with Gasteiger partial charge in [-0.1, -0.05) is 42.5 Å². The summed E-state index contributed by atoms with van der Waals surface area (Å²) in [6.45, 7) is 2.21. The molecule has 0 saturated heterocycles. The van der Waals surface area contributed by atoms with Crippen LogP contribution in [0, 0.1) is 6.92 Å². The van der Waals surface area contributed by atoms with E-state index < -0.39 is 0 Å². The second kappa shape index (κ2) is 3.31. The van der Waals surface area contributed by atoms with Crippen molar-refractivity contribution in [2.45, 2.75) is 6.92 Å². The molecule has 0 radical (unpaired) electrons. The Hall–Kier alpha value is -2.54. The molecule has 0 N–H and O–H groups in total. The second-order valence-corrected chi connectivity index (χ2v) is 5.53. The molecule has 1 nitrogen and oxygen atoms in total. The average Bonchev–Trinajstić information content (AvgIpc) is 3.00. The molecular weight excluding hydrogens is 242 g/mol. The minimum Gasteiger partial charge on any atom is -0.315 e. The van der Waals surface area contributed by atoms with Crippen molar-refractivity contribution in [3.05, 3.63) is 66.4 Å². The monoisotopic (exact) mass is 255 g/mol. The van der Waals surface area contributed by atoms with Gasteiger partial charge >= 0.3 is 0 Å². The highest BCUT2D eigenvalue weighted by atomic mass is 14.9. The topological polar surface area (TPSA) is 4.41 Å². The molecule has 2 aromatic carbocycles. The van der Waals surface area contributed by atoms with Gasteiger partial charge in [-0.3, -0.25) is 0 Å². The van der Waals surface area contributed by atoms with Gasteiger partial charge in [-0.2, -0.15) is 0 Å². The summed E-state index contributed by atoms with van der Waals surface area (Å²) in [6.07, 6.45) is 2.18. The zero-order valence-electron chi connectivity index (χ0n) is 11.2. The van der Waals surface area contributed by atoms with Gasteiger partial charge in [0.15, 0.2) is 0 Å². The normalized spacial score (nSPS) is 12.2. The molecule has 0 bridgehead atoms. The maximum absolute atomic E-state index is 2.34. The van der Waals surface area contributed by atoms with E-state index in [0.29, 0.717) is 0 Å². The van der Waals surface area contributed by atoms with Gasteiger partial charge in [0.05, 0.1) is 11.2 Å². The van der Waals surface area contributed by atoms with E-state index in [4.69, 9.17) is 0 Å². The molecule has 0 amide bonds. The Morgan fingerprint density at radius 2 is 1.65 bits per heavy atom. The van der Waals surface area contributed by atoms with Crippen molar-refractivity contribution in [1.29, 1.82) is 0 Å². The molecule has 1 heteroatoms. The summed E-state index contributed by atoms with van der Waals surface area (Å²) in [4.78, 5) is 0. The van der Waals surface area contributed by atoms with Gasteiger partial charge in [0.1, 0.15) is 0 Å². The Kier molecular flexibility index (Phi) is 1.70. The van der Waals surface area contributed by atoms with E-state index in [1.54, 1.807) is 0 Å². The SMILES string of the molecule is Cc1cccc2c1-c1c3c-2cccc3c2ccccn12. The lowest BCUT2D eigenvalue weighted by Crippen LogP contribution is -1.89. The highest BCUT2D eigenvalue weighted by Gasteiger charge is 2.26. The highest BCUT2D eigenvalue weighted by Crippen LogP contribution is 2.50. The molecule has 0 spiro atoms. The third-order valence-electron chi connectivity index (χ3n) is 4.48. The number of rotatable bonds is 0. The van der Waals surface area contributed by atoms with Crippen molar-refractivity contribution in [3.63, 3.8) is 0 Å². The van der Waals surface area contributed by atoms with Crippen molar-refractivity contribution in [1.82, 2.24) is 4.40 Å². The largest absolute Gasteiger partial charge is 0.315 e. The van der Waals surface area contributed by atoms with E-state index in [1.165, 1.54) is 44.2 Å².